The van der Waals surface area contributed by atoms with E-state index in [0.717, 1.165) is 18.4 Å². The van der Waals surface area contributed by atoms with Crippen LogP contribution in [0.4, 0.5) is 0 Å². The van der Waals surface area contributed by atoms with Crippen LogP contribution in [-0.4, -0.2) is 5.78 Å². The second-order valence-electron chi connectivity index (χ2n) is 5.36. The van der Waals surface area contributed by atoms with Gasteiger partial charge in [0.15, 0.2) is 0 Å². The van der Waals surface area contributed by atoms with Crippen LogP contribution in [0.1, 0.15) is 43.7 Å². The number of hydrogen-bond donors (Lipinski definition) is 0. The highest BCUT2D eigenvalue weighted by Gasteiger charge is 2.35. The average Bonchev–Trinajstić information content (AvgIpc) is 2.66. The summed E-state index contributed by atoms with van der Waals surface area (Å²) in [7, 11) is 0. The second-order valence-corrected chi connectivity index (χ2v) is 5.36. The third-order valence-corrected chi connectivity index (χ3v) is 3.83. The number of hydrogen-bond acceptors (Lipinski definition) is 1. The second kappa shape index (κ2) is 4.40. The van der Waals surface area contributed by atoms with E-state index < -0.39 is 0 Å². The van der Waals surface area contributed by atoms with Gasteiger partial charge in [0.25, 0.3) is 0 Å². The van der Waals surface area contributed by atoms with Gasteiger partial charge in [-0.05, 0) is 25.3 Å². The van der Waals surface area contributed by atoms with Crippen molar-refractivity contribution in [1.82, 2.24) is 0 Å². The molecule has 0 radical (unpaired) electrons. The van der Waals surface area contributed by atoms with Gasteiger partial charge in [0.1, 0.15) is 5.78 Å². The first-order chi connectivity index (χ1) is 7.60. The molecule has 86 valence electrons. The van der Waals surface area contributed by atoms with Crippen molar-refractivity contribution in [2.75, 3.05) is 0 Å². The van der Waals surface area contributed by atoms with Crippen molar-refractivity contribution in [3.63, 3.8) is 0 Å². The fourth-order valence-electron chi connectivity index (χ4n) is 2.66. The summed E-state index contributed by atoms with van der Waals surface area (Å²) in [6.45, 7) is 4.21. The summed E-state index contributed by atoms with van der Waals surface area (Å²) in [6, 6.07) is 8.29. The monoisotopic (exact) mass is 216 g/mol. The Morgan fingerprint density at radius 2 is 2.00 bits per heavy atom. The molecule has 1 aliphatic carbocycles. The fraction of sp³-hybridized carbons (Fsp3) is 0.533. The van der Waals surface area contributed by atoms with E-state index in [9.17, 15) is 4.79 Å². The normalized spacial score (nSPS) is 18.6. The van der Waals surface area contributed by atoms with Crippen molar-refractivity contribution in [1.29, 1.82) is 0 Å². The molecule has 1 aromatic rings. The molecule has 1 heteroatoms. The lowest BCUT2D eigenvalue weighted by atomic mass is 9.81. The summed E-state index contributed by atoms with van der Waals surface area (Å²) >= 11 is 0. The number of ketones is 1. The minimum absolute atomic E-state index is 0.0380. The van der Waals surface area contributed by atoms with E-state index in [-0.39, 0.29) is 5.41 Å². The first kappa shape index (κ1) is 11.4. The Labute approximate surface area is 97.9 Å². The van der Waals surface area contributed by atoms with Crippen LogP contribution in [0.2, 0.25) is 0 Å². The van der Waals surface area contributed by atoms with Crippen molar-refractivity contribution >= 4 is 5.78 Å². The molecule has 0 bridgehead atoms. The Kier molecular flexibility index (Phi) is 3.13. The van der Waals surface area contributed by atoms with Crippen molar-refractivity contribution < 1.29 is 4.79 Å². The first-order valence-corrected chi connectivity index (χ1v) is 6.19. The predicted octanol–water partition coefficient (Wildman–Crippen LogP) is 3.69. The van der Waals surface area contributed by atoms with Gasteiger partial charge in [-0.3, -0.25) is 4.79 Å². The smallest absolute Gasteiger partial charge is 0.143 e. The lowest BCUT2D eigenvalue weighted by molar-refractivity contribution is -0.126. The van der Waals surface area contributed by atoms with Crippen LogP contribution in [0.25, 0.3) is 0 Å². The molecule has 0 heterocycles. The van der Waals surface area contributed by atoms with Crippen molar-refractivity contribution in [2.24, 2.45) is 5.41 Å². The molecule has 0 spiro atoms. The van der Waals surface area contributed by atoms with Gasteiger partial charge in [0.05, 0.1) is 0 Å². The van der Waals surface area contributed by atoms with Crippen LogP contribution in [0.3, 0.4) is 0 Å². The fourth-order valence-corrected chi connectivity index (χ4v) is 2.66. The highest BCUT2D eigenvalue weighted by atomic mass is 16.1. The van der Waals surface area contributed by atoms with Crippen molar-refractivity contribution in [3.8, 4) is 0 Å². The Hall–Kier alpha value is -1.11. The summed E-state index contributed by atoms with van der Waals surface area (Å²) < 4.78 is 0. The molecule has 1 aromatic carbocycles. The number of Topliss-reactive ketones (excluding diaryl/α,β-unsaturated/α-hetero) is 1. The number of carbonyl (C=O) groups excluding carboxylic acids is 1. The highest BCUT2D eigenvalue weighted by molar-refractivity contribution is 5.86. The van der Waals surface area contributed by atoms with E-state index in [2.05, 4.69) is 32.0 Å². The Bertz CT molecular complexity index is 386. The Balaban J connectivity index is 2.07. The van der Waals surface area contributed by atoms with Gasteiger partial charge in [-0.15, -0.1) is 0 Å². The molecular formula is C15H20O. The van der Waals surface area contributed by atoms with Crippen LogP contribution >= 0.6 is 0 Å². The summed E-state index contributed by atoms with van der Waals surface area (Å²) in [5, 5.41) is 0. The standard InChI is InChI=1S/C15H20O/c1-12-6-5-7-13(10-12)11-14(16)15(2)8-3-4-9-15/h5-7,10H,3-4,8-9,11H2,1-2H3. The molecule has 0 saturated heterocycles. The van der Waals surface area contributed by atoms with Gasteiger partial charge in [0, 0.05) is 11.8 Å². The van der Waals surface area contributed by atoms with Crippen molar-refractivity contribution in [3.05, 3.63) is 35.4 Å². The van der Waals surface area contributed by atoms with Crippen LogP contribution in [0.15, 0.2) is 24.3 Å². The summed E-state index contributed by atoms with van der Waals surface area (Å²) in [5.41, 5.74) is 2.36. The Morgan fingerprint density at radius 1 is 1.31 bits per heavy atom. The van der Waals surface area contributed by atoms with E-state index in [1.165, 1.54) is 18.4 Å². The molecule has 0 amide bonds. The number of carbonyl (C=O) groups is 1. The van der Waals surface area contributed by atoms with Gasteiger partial charge < -0.3 is 0 Å². The quantitative estimate of drug-likeness (QED) is 0.753. The molecule has 0 unspecified atom stereocenters. The summed E-state index contributed by atoms with van der Waals surface area (Å²) in [6.07, 6.45) is 5.21. The van der Waals surface area contributed by atoms with Gasteiger partial charge in [-0.2, -0.15) is 0 Å². The summed E-state index contributed by atoms with van der Waals surface area (Å²) in [4.78, 5) is 12.2. The Morgan fingerprint density at radius 3 is 2.62 bits per heavy atom. The molecule has 0 N–H and O–H groups in total. The average molecular weight is 216 g/mol. The lowest BCUT2D eigenvalue weighted by Gasteiger charge is -2.21. The zero-order valence-electron chi connectivity index (χ0n) is 10.3. The maximum absolute atomic E-state index is 12.2. The molecule has 2 rings (SSSR count). The molecule has 1 saturated carbocycles. The minimum Gasteiger partial charge on any atom is -0.299 e. The largest absolute Gasteiger partial charge is 0.299 e. The SMILES string of the molecule is Cc1cccc(CC(=O)C2(C)CCCC2)c1. The van der Waals surface area contributed by atoms with Gasteiger partial charge >= 0.3 is 0 Å². The molecule has 16 heavy (non-hydrogen) atoms. The van der Waals surface area contributed by atoms with Crippen molar-refractivity contribution in [2.45, 2.75) is 46.0 Å². The van der Waals surface area contributed by atoms with Crippen LogP contribution in [-0.2, 0) is 11.2 Å². The van der Waals surface area contributed by atoms with Gasteiger partial charge in [-0.1, -0.05) is 49.6 Å². The topological polar surface area (TPSA) is 17.1 Å². The summed E-state index contributed by atoms with van der Waals surface area (Å²) in [5.74, 6) is 0.426. The zero-order chi connectivity index (χ0) is 11.6. The first-order valence-electron chi connectivity index (χ1n) is 6.19. The third kappa shape index (κ3) is 2.34. The molecule has 0 aromatic heterocycles. The van der Waals surface area contributed by atoms with E-state index in [1.807, 2.05) is 6.07 Å². The third-order valence-electron chi connectivity index (χ3n) is 3.83. The van der Waals surface area contributed by atoms with E-state index in [1.54, 1.807) is 0 Å². The molecule has 0 atom stereocenters. The molecule has 1 nitrogen and oxygen atoms in total. The lowest BCUT2D eigenvalue weighted by Crippen LogP contribution is -2.25. The zero-order valence-corrected chi connectivity index (χ0v) is 10.3. The van der Waals surface area contributed by atoms with E-state index in [4.69, 9.17) is 0 Å². The minimum atomic E-state index is -0.0380. The number of benzene rings is 1. The number of rotatable bonds is 3. The maximum Gasteiger partial charge on any atom is 0.143 e. The van der Waals surface area contributed by atoms with Crippen LogP contribution in [0.5, 0.6) is 0 Å². The predicted molar refractivity (Wildman–Crippen MR) is 66.5 cm³/mol. The highest BCUT2D eigenvalue weighted by Crippen LogP contribution is 2.39. The van der Waals surface area contributed by atoms with Gasteiger partial charge in [0.2, 0.25) is 0 Å². The molecule has 1 fully saturated rings. The molecule has 1 aliphatic rings. The number of aryl methyl sites for hydroxylation is 1. The van der Waals surface area contributed by atoms with E-state index >= 15 is 0 Å². The molecule has 0 aliphatic heterocycles. The van der Waals surface area contributed by atoms with Crippen LogP contribution in [0, 0.1) is 12.3 Å². The molecular weight excluding hydrogens is 196 g/mol. The maximum atomic E-state index is 12.2. The van der Waals surface area contributed by atoms with Crippen LogP contribution < -0.4 is 0 Å². The van der Waals surface area contributed by atoms with Gasteiger partial charge in [-0.25, -0.2) is 0 Å². The van der Waals surface area contributed by atoms with E-state index in [0.29, 0.717) is 12.2 Å².